The average molecular weight is 673 g/mol. The van der Waals surface area contributed by atoms with Gasteiger partial charge in [0.1, 0.15) is 0 Å². The van der Waals surface area contributed by atoms with E-state index in [1.54, 1.807) is 22.7 Å². The van der Waals surface area contributed by atoms with Gasteiger partial charge in [-0.25, -0.2) is 9.97 Å². The number of rotatable bonds is 7. The first kappa shape index (κ1) is 32.2. The van der Waals surface area contributed by atoms with Crippen LogP contribution in [0.1, 0.15) is 70.5 Å². The molecule has 1 aliphatic rings. The van der Waals surface area contributed by atoms with Crippen LogP contribution in [0.15, 0.2) is 84.9 Å². The molecule has 8 heteroatoms. The van der Waals surface area contributed by atoms with Gasteiger partial charge >= 0.3 is 0 Å². The summed E-state index contributed by atoms with van der Waals surface area (Å²) in [6, 6.07) is 27.8. The van der Waals surface area contributed by atoms with Gasteiger partial charge in [0.05, 0.1) is 43.3 Å². The Hall–Kier alpha value is -4.40. The Morgan fingerprint density at radius 2 is 1.25 bits per heavy atom. The predicted molar refractivity (Wildman–Crippen MR) is 199 cm³/mol. The molecule has 0 radical (unpaired) electrons. The molecule has 7 rings (SSSR count). The monoisotopic (exact) mass is 672 g/mol. The number of amides is 2. The maximum Gasteiger partial charge on any atom is 0.252 e. The smallest absolute Gasteiger partial charge is 0.252 e. The number of thiophene rings is 2. The fourth-order valence-corrected chi connectivity index (χ4v) is 9.30. The highest BCUT2D eigenvalue weighted by Crippen LogP contribution is 2.46. The topological polar surface area (TPSA) is 84.0 Å². The predicted octanol–water partition coefficient (Wildman–Crippen LogP) is 9.60. The second kappa shape index (κ2) is 12.6. The number of fused-ring (bicyclic) bond motifs is 2. The van der Waals surface area contributed by atoms with E-state index in [1.807, 2.05) is 60.7 Å². The van der Waals surface area contributed by atoms with E-state index in [9.17, 15) is 9.59 Å². The summed E-state index contributed by atoms with van der Waals surface area (Å²) in [5, 5.41) is 8.39. The maximum absolute atomic E-state index is 14.1. The Labute approximate surface area is 289 Å². The van der Waals surface area contributed by atoms with Crippen LogP contribution in [-0.4, -0.2) is 34.4 Å². The van der Waals surface area contributed by atoms with Gasteiger partial charge < -0.3 is 10.6 Å². The molecule has 2 atom stereocenters. The van der Waals surface area contributed by atoms with Gasteiger partial charge in [-0.2, -0.15) is 0 Å². The molecule has 244 valence electrons. The van der Waals surface area contributed by atoms with Crippen molar-refractivity contribution < 1.29 is 9.59 Å². The minimum atomic E-state index is -0.216. The molecule has 6 nitrogen and oxygen atoms in total. The number of aromatic nitrogens is 2. The largest absolute Gasteiger partial charge is 0.351 e. The molecular weight excluding hydrogens is 633 g/mol. The minimum Gasteiger partial charge on any atom is -0.351 e. The van der Waals surface area contributed by atoms with E-state index in [-0.39, 0.29) is 28.7 Å². The molecule has 48 heavy (non-hydrogen) atoms. The second-order valence-corrected chi connectivity index (χ2v) is 17.0. The zero-order valence-corrected chi connectivity index (χ0v) is 29.6. The highest BCUT2D eigenvalue weighted by molar-refractivity contribution is 7.15. The van der Waals surface area contributed by atoms with Crippen molar-refractivity contribution in [1.29, 1.82) is 0 Å². The van der Waals surface area contributed by atoms with E-state index in [0.717, 1.165) is 62.2 Å². The molecule has 1 aliphatic carbocycles. The number of nitrogens with zero attached hydrogens (tertiary/aromatic N) is 2. The van der Waals surface area contributed by atoms with Crippen molar-refractivity contribution in [2.24, 2.45) is 10.8 Å². The van der Waals surface area contributed by atoms with E-state index >= 15 is 0 Å². The quantitative estimate of drug-likeness (QED) is 0.177. The van der Waals surface area contributed by atoms with Gasteiger partial charge in [0.25, 0.3) is 11.8 Å². The fraction of sp³-hybridized carbons (Fsp3) is 0.300. The summed E-state index contributed by atoms with van der Waals surface area (Å²) < 4.78 is 0. The van der Waals surface area contributed by atoms with Gasteiger partial charge in [-0.15, -0.1) is 22.7 Å². The van der Waals surface area contributed by atoms with Gasteiger partial charge in [0.15, 0.2) is 0 Å². The molecule has 1 saturated carbocycles. The van der Waals surface area contributed by atoms with Crippen LogP contribution in [0.2, 0.25) is 0 Å². The van der Waals surface area contributed by atoms with Crippen LogP contribution in [-0.2, 0) is 0 Å². The lowest BCUT2D eigenvalue weighted by molar-refractivity contribution is 0.0593. The van der Waals surface area contributed by atoms with Gasteiger partial charge in [0, 0.05) is 33.1 Å². The number of hydrogen-bond donors (Lipinski definition) is 2. The van der Waals surface area contributed by atoms with E-state index in [4.69, 9.17) is 9.97 Å². The summed E-state index contributed by atoms with van der Waals surface area (Å²) in [6.07, 6.45) is 2.56. The number of carbonyl (C=O) groups is 2. The molecule has 0 saturated heterocycles. The van der Waals surface area contributed by atoms with Crippen LogP contribution in [0.5, 0.6) is 0 Å². The molecule has 1 fully saturated rings. The minimum absolute atomic E-state index is 0.0246. The molecule has 0 aliphatic heterocycles. The summed E-state index contributed by atoms with van der Waals surface area (Å²) >= 11 is 3.36. The van der Waals surface area contributed by atoms with Crippen LogP contribution < -0.4 is 10.6 Å². The van der Waals surface area contributed by atoms with Crippen molar-refractivity contribution in [3.63, 3.8) is 0 Å². The molecule has 0 unspecified atom stereocenters. The highest BCUT2D eigenvalue weighted by atomic mass is 32.1. The lowest BCUT2D eigenvalue weighted by Gasteiger charge is -2.47. The van der Waals surface area contributed by atoms with Crippen LogP contribution >= 0.6 is 22.7 Å². The summed E-state index contributed by atoms with van der Waals surface area (Å²) in [6.45, 7) is 11.4. The van der Waals surface area contributed by atoms with E-state index in [1.165, 1.54) is 9.75 Å². The second-order valence-electron chi connectivity index (χ2n) is 14.4. The van der Waals surface area contributed by atoms with Crippen LogP contribution in [0, 0.1) is 24.7 Å². The standard InChI is InChI=1S/C40H40N4O2S2/c1-24-14-16-35(47-24)33-18-29(27-10-6-8-12-31(27)43-33)37(45)41-23-40(5)21-26(20-39(3,4)22-40)42-38(46)30-19-34(36-17-15-25(2)48-36)44-32-13-9-7-11-28(30)32/h6-19,26H,20-23H2,1-5H3,(H,41,45)(H,42,46)/t26-,40+/m1/s1. The molecule has 4 heterocycles. The molecule has 0 bridgehead atoms. The Balaban J connectivity index is 1.12. The van der Waals surface area contributed by atoms with Crippen LogP contribution in [0.3, 0.4) is 0 Å². The number of para-hydroxylation sites is 2. The number of aryl methyl sites for hydroxylation is 2. The number of nitrogens with one attached hydrogen (secondary N) is 2. The highest BCUT2D eigenvalue weighted by Gasteiger charge is 2.42. The van der Waals surface area contributed by atoms with Crippen LogP contribution in [0.4, 0.5) is 0 Å². The zero-order valence-electron chi connectivity index (χ0n) is 28.0. The molecule has 6 aromatic rings. The maximum atomic E-state index is 14.1. The number of benzene rings is 2. The van der Waals surface area contributed by atoms with Gasteiger partial charge in [0.2, 0.25) is 0 Å². The first-order chi connectivity index (χ1) is 23.0. The summed E-state index contributed by atoms with van der Waals surface area (Å²) in [4.78, 5) is 42.2. The Morgan fingerprint density at radius 3 is 1.77 bits per heavy atom. The summed E-state index contributed by atoms with van der Waals surface area (Å²) in [5.74, 6) is -0.190. The SMILES string of the molecule is Cc1ccc(-c2cc(C(=O)NC[C@@]3(C)C[C@H](NC(=O)c4cc(-c5ccc(C)s5)nc5ccccc45)CC(C)(C)C3)c3ccccc3n2)s1. The molecule has 2 amide bonds. The third-order valence-corrected chi connectivity index (χ3v) is 11.4. The Morgan fingerprint density at radius 1 is 0.729 bits per heavy atom. The number of hydrogen-bond acceptors (Lipinski definition) is 6. The fourth-order valence-electron chi connectivity index (χ4n) is 7.65. The summed E-state index contributed by atoms with van der Waals surface area (Å²) in [7, 11) is 0. The van der Waals surface area contributed by atoms with Crippen molar-refractivity contribution in [3.8, 4) is 21.1 Å². The van der Waals surface area contributed by atoms with E-state index < -0.39 is 0 Å². The Kier molecular flexibility index (Phi) is 8.42. The van der Waals surface area contributed by atoms with Gasteiger partial charge in [-0.1, -0.05) is 57.2 Å². The van der Waals surface area contributed by atoms with E-state index in [0.29, 0.717) is 17.7 Å². The first-order valence-electron chi connectivity index (χ1n) is 16.5. The third-order valence-electron chi connectivity index (χ3n) is 9.36. The van der Waals surface area contributed by atoms with Crippen molar-refractivity contribution >= 4 is 56.3 Å². The van der Waals surface area contributed by atoms with Crippen molar-refractivity contribution in [3.05, 3.63) is 106 Å². The van der Waals surface area contributed by atoms with Crippen molar-refractivity contribution in [2.75, 3.05) is 6.54 Å². The molecule has 2 aromatic carbocycles. The molecule has 0 spiro atoms. The molecule has 4 aromatic heterocycles. The molecule has 2 N–H and O–H groups in total. The van der Waals surface area contributed by atoms with Crippen LogP contribution in [0.25, 0.3) is 42.9 Å². The molecular formula is C40H40N4O2S2. The lowest BCUT2D eigenvalue weighted by Crippen LogP contribution is -2.50. The third kappa shape index (κ3) is 6.64. The van der Waals surface area contributed by atoms with E-state index in [2.05, 4.69) is 69.5 Å². The van der Waals surface area contributed by atoms with Crippen molar-refractivity contribution in [1.82, 2.24) is 20.6 Å². The lowest BCUT2D eigenvalue weighted by atomic mass is 9.62. The summed E-state index contributed by atoms with van der Waals surface area (Å²) in [5.41, 5.74) is 4.27. The number of carbonyl (C=O) groups excluding carboxylic acids is 2. The normalized spacial score (nSPS) is 19.0. The zero-order chi connectivity index (χ0) is 33.6. The Bertz CT molecular complexity index is 2180. The van der Waals surface area contributed by atoms with Gasteiger partial charge in [-0.05, 0) is 92.5 Å². The first-order valence-corrected chi connectivity index (χ1v) is 18.1. The van der Waals surface area contributed by atoms with Crippen molar-refractivity contribution in [2.45, 2.75) is 59.9 Å². The average Bonchev–Trinajstić information content (AvgIpc) is 3.69. The van der Waals surface area contributed by atoms with Gasteiger partial charge in [-0.3, -0.25) is 9.59 Å². The number of pyridine rings is 2.